The van der Waals surface area contributed by atoms with Crippen LogP contribution in [-0.2, 0) is 14.4 Å². The van der Waals surface area contributed by atoms with Crippen molar-refractivity contribution in [3.63, 3.8) is 0 Å². The van der Waals surface area contributed by atoms with Gasteiger partial charge in [-0.2, -0.15) is 0 Å². The van der Waals surface area contributed by atoms with Gasteiger partial charge in [-0.1, -0.05) is 11.3 Å². The molecule has 6 unspecified atom stereocenters. The molecule has 0 radical (unpaired) electrons. The molecule has 4 aliphatic rings. The highest BCUT2D eigenvalue weighted by Crippen LogP contribution is 2.68. The molecule has 3 heterocycles. The highest BCUT2D eigenvalue weighted by molar-refractivity contribution is 8.00. The van der Waals surface area contributed by atoms with Crippen LogP contribution in [0, 0.1) is 29.6 Å². The second-order valence-electron chi connectivity index (χ2n) is 10.1. The molecule has 2 aromatic rings. The van der Waals surface area contributed by atoms with E-state index < -0.39 is 17.8 Å². The summed E-state index contributed by atoms with van der Waals surface area (Å²) >= 11 is 2.74. The molecule has 6 rings (SSSR count). The Morgan fingerprint density at radius 2 is 1.76 bits per heavy atom. The topological polar surface area (TPSA) is 146 Å². The summed E-state index contributed by atoms with van der Waals surface area (Å²) in [5, 5.41) is 20.3. The molecule has 7 atom stereocenters. The summed E-state index contributed by atoms with van der Waals surface area (Å²) < 4.78 is 10.8. The summed E-state index contributed by atoms with van der Waals surface area (Å²) in [4.78, 5) is 55.2. The van der Waals surface area contributed by atoms with Gasteiger partial charge in [0.2, 0.25) is 17.6 Å². The van der Waals surface area contributed by atoms with E-state index in [1.807, 2.05) is 0 Å². The van der Waals surface area contributed by atoms with E-state index in [9.17, 15) is 24.3 Å². The molecule has 10 nitrogen and oxygen atoms in total. The highest BCUT2D eigenvalue weighted by atomic mass is 32.2. The number of aromatic nitrogens is 1. The van der Waals surface area contributed by atoms with Crippen LogP contribution in [0.4, 0.5) is 0 Å². The number of aromatic amines is 1. The first-order valence-electron chi connectivity index (χ1n) is 12.2. The summed E-state index contributed by atoms with van der Waals surface area (Å²) in [6, 6.07) is 3.51. The van der Waals surface area contributed by atoms with Gasteiger partial charge in [0.05, 0.1) is 31.1 Å². The number of fused-ring (bicyclic) bond motifs is 9. The molecule has 1 aromatic carbocycles. The number of imide groups is 1. The maximum Gasteiger partial charge on any atom is 0.305 e. The summed E-state index contributed by atoms with van der Waals surface area (Å²) in [6.45, 7) is 0.120. The zero-order chi connectivity index (χ0) is 26.2. The number of methoxy groups -OCH3 is 2. The van der Waals surface area contributed by atoms with E-state index in [0.717, 1.165) is 33.2 Å². The molecule has 196 valence electrons. The Labute approximate surface area is 220 Å². The van der Waals surface area contributed by atoms with Crippen molar-refractivity contribution in [1.29, 1.82) is 0 Å². The number of rotatable bonds is 7. The van der Waals surface area contributed by atoms with E-state index in [0.29, 0.717) is 0 Å². The molecule has 2 saturated carbocycles. The predicted octanol–water partition coefficient (Wildman–Crippen LogP) is 2.50. The number of thioether (sulfide) groups is 1. The number of H-pyrrole nitrogens is 1. The second kappa shape index (κ2) is 8.80. The molecule has 2 bridgehead atoms. The Morgan fingerprint density at radius 1 is 1.11 bits per heavy atom. The number of aliphatic carboxylic acids is 1. The monoisotopic (exact) mass is 546 g/mol. The van der Waals surface area contributed by atoms with Crippen molar-refractivity contribution in [2.45, 2.75) is 35.5 Å². The van der Waals surface area contributed by atoms with E-state index >= 15 is 0 Å². The van der Waals surface area contributed by atoms with Gasteiger partial charge in [0.15, 0.2) is 11.5 Å². The number of aromatic hydroxyl groups is 1. The van der Waals surface area contributed by atoms with Crippen molar-refractivity contribution >= 4 is 40.9 Å². The number of ether oxygens (including phenoxy) is 2. The van der Waals surface area contributed by atoms with Gasteiger partial charge in [0.1, 0.15) is 0 Å². The van der Waals surface area contributed by atoms with E-state index in [-0.39, 0.29) is 82.2 Å². The van der Waals surface area contributed by atoms with E-state index in [1.54, 1.807) is 23.9 Å². The van der Waals surface area contributed by atoms with Gasteiger partial charge in [0, 0.05) is 29.0 Å². The molecule has 2 amide bonds. The summed E-state index contributed by atoms with van der Waals surface area (Å²) in [5.74, 6) is -2.14. The summed E-state index contributed by atoms with van der Waals surface area (Å²) in [7, 11) is 2.92. The Balaban J connectivity index is 1.41. The number of carboxylic acids is 1. The zero-order valence-corrected chi connectivity index (χ0v) is 21.8. The quantitative estimate of drug-likeness (QED) is 0.446. The Kier molecular flexibility index (Phi) is 5.79. The molecule has 1 aromatic heterocycles. The fourth-order valence-electron chi connectivity index (χ4n) is 7.15. The lowest BCUT2D eigenvalue weighted by molar-refractivity contribution is -0.142. The molecule has 2 aliphatic heterocycles. The number of phenolic OH excluding ortho intramolecular Hbond substituents is 1. The van der Waals surface area contributed by atoms with Crippen LogP contribution in [-0.4, -0.2) is 63.9 Å². The summed E-state index contributed by atoms with van der Waals surface area (Å²) in [6.07, 6.45) is 0.887. The minimum atomic E-state index is -0.954. The first-order valence-corrected chi connectivity index (χ1v) is 13.9. The molecule has 0 spiro atoms. The molecule has 2 aliphatic carbocycles. The fourth-order valence-corrected chi connectivity index (χ4v) is 10.0. The number of carbonyl (C=O) groups is 3. The lowest BCUT2D eigenvalue weighted by atomic mass is 9.68. The van der Waals surface area contributed by atoms with E-state index in [4.69, 9.17) is 14.6 Å². The average Bonchev–Trinajstić information content (AvgIpc) is 3.59. The van der Waals surface area contributed by atoms with Gasteiger partial charge in [-0.15, -0.1) is 11.8 Å². The number of hydrogen-bond donors (Lipinski definition) is 3. The smallest absolute Gasteiger partial charge is 0.305 e. The van der Waals surface area contributed by atoms with Crippen LogP contribution >= 0.6 is 23.1 Å². The van der Waals surface area contributed by atoms with Gasteiger partial charge in [-0.25, -0.2) is 0 Å². The first kappa shape index (κ1) is 24.4. The Hall–Kier alpha value is -2.99. The minimum Gasteiger partial charge on any atom is -0.502 e. The number of hydrogen-bond acceptors (Lipinski definition) is 9. The zero-order valence-electron chi connectivity index (χ0n) is 20.1. The molecule has 12 heteroatoms. The lowest BCUT2D eigenvalue weighted by Gasteiger charge is -2.43. The van der Waals surface area contributed by atoms with E-state index in [1.165, 1.54) is 19.1 Å². The van der Waals surface area contributed by atoms with Crippen molar-refractivity contribution in [3.05, 3.63) is 32.2 Å². The standard InChI is InChI=1S/C25H26N2O8S2/c1-34-12-6-9(7-13(35-2)19(12)30)15-16-10-8-11(20(16)36-22-21(15)37-25(33)26-22)18-17(10)23(31)27(24(18)32)5-3-4-14(28)29/h6-7,10-11,15-18,20,30H,3-5,8H2,1-2H3,(H,26,33)(H,28,29)/t10?,11?,15-,16?,17?,18?,20?/m1/s1. The number of nitrogens with zero attached hydrogens (tertiary/aromatic N) is 1. The van der Waals surface area contributed by atoms with Crippen LogP contribution in [0.3, 0.4) is 0 Å². The molecule has 1 saturated heterocycles. The third-order valence-electron chi connectivity index (χ3n) is 8.45. The van der Waals surface area contributed by atoms with Crippen molar-refractivity contribution in [2.24, 2.45) is 29.6 Å². The second-order valence-corrected chi connectivity index (χ2v) is 12.3. The predicted molar refractivity (Wildman–Crippen MR) is 133 cm³/mol. The van der Waals surface area contributed by atoms with Crippen molar-refractivity contribution in [3.8, 4) is 17.2 Å². The number of likely N-dealkylation sites (tertiary alicyclic amines) is 1. The normalized spacial score (nSPS) is 31.3. The average molecular weight is 547 g/mol. The number of nitrogens with one attached hydrogen (secondary N) is 1. The van der Waals surface area contributed by atoms with Gasteiger partial charge < -0.3 is 24.7 Å². The van der Waals surface area contributed by atoms with Gasteiger partial charge in [0.25, 0.3) is 0 Å². The molecule has 3 fully saturated rings. The van der Waals surface area contributed by atoms with Crippen molar-refractivity contribution in [2.75, 3.05) is 20.8 Å². The number of benzene rings is 1. The number of amides is 2. The van der Waals surface area contributed by atoms with Crippen LogP contribution < -0.4 is 14.3 Å². The molecule has 3 N–H and O–H groups in total. The number of carbonyl (C=O) groups excluding carboxylic acids is 2. The maximum atomic E-state index is 13.5. The van der Waals surface area contributed by atoms with Crippen molar-refractivity contribution in [1.82, 2.24) is 9.88 Å². The third kappa shape index (κ3) is 3.52. The highest BCUT2D eigenvalue weighted by Gasteiger charge is 2.69. The van der Waals surface area contributed by atoms with Crippen LogP contribution in [0.5, 0.6) is 17.2 Å². The van der Waals surface area contributed by atoms with Gasteiger partial charge >= 0.3 is 10.8 Å². The van der Waals surface area contributed by atoms with Crippen molar-refractivity contribution < 1.29 is 34.1 Å². The number of carboxylic acid groups (broad SMARTS) is 1. The van der Waals surface area contributed by atoms with E-state index in [2.05, 4.69) is 4.98 Å². The van der Waals surface area contributed by atoms with Crippen LogP contribution in [0.1, 0.15) is 35.6 Å². The third-order valence-corrected chi connectivity index (χ3v) is 11.0. The largest absolute Gasteiger partial charge is 0.502 e. The molecular weight excluding hydrogens is 520 g/mol. The summed E-state index contributed by atoms with van der Waals surface area (Å²) in [5.41, 5.74) is 0.817. The van der Waals surface area contributed by atoms with Gasteiger partial charge in [-0.3, -0.25) is 24.1 Å². The number of thiazole rings is 1. The maximum absolute atomic E-state index is 13.5. The Bertz CT molecular complexity index is 1340. The SMILES string of the molecule is COc1cc([C@H]2c3sc(=O)[nH]c3SC3C4CC(C5C(=O)N(CCCC(=O)O)C(=O)C45)C32)cc(OC)c1O. The lowest BCUT2D eigenvalue weighted by Crippen LogP contribution is -2.42. The van der Waals surface area contributed by atoms with Crippen LogP contribution in [0.25, 0.3) is 0 Å². The first-order chi connectivity index (χ1) is 17.7. The fraction of sp³-hybridized carbons (Fsp3) is 0.520. The van der Waals surface area contributed by atoms with Crippen LogP contribution in [0.2, 0.25) is 0 Å². The Morgan fingerprint density at radius 3 is 2.38 bits per heavy atom. The molecule has 37 heavy (non-hydrogen) atoms. The van der Waals surface area contributed by atoms with Gasteiger partial charge in [-0.05, 0) is 48.3 Å². The minimum absolute atomic E-state index is 0.00938. The van der Waals surface area contributed by atoms with Crippen LogP contribution in [0.15, 0.2) is 22.0 Å². The molecular formula is C25H26N2O8S2. The number of phenols is 1.